The third kappa shape index (κ3) is 6.63. The summed E-state index contributed by atoms with van der Waals surface area (Å²) in [7, 11) is 1.76. The summed E-state index contributed by atoms with van der Waals surface area (Å²) in [5.41, 5.74) is 8.85. The number of H-pyrrole nitrogens is 1. The van der Waals surface area contributed by atoms with E-state index in [1.807, 2.05) is 31.2 Å². The average molecular weight is 513 g/mol. The number of morpholine rings is 1. The number of carbonyl (C=O) groups is 2. The number of pyridine rings is 1. The molecular formula is C26H33ClN6O3. The summed E-state index contributed by atoms with van der Waals surface area (Å²) in [6, 6.07) is 11.6. The molecule has 2 amide bonds. The van der Waals surface area contributed by atoms with Crippen molar-refractivity contribution in [1.82, 2.24) is 25.1 Å². The molecule has 3 aromatic rings. The topological polar surface area (TPSA) is 117 Å². The minimum atomic E-state index is -0.283. The van der Waals surface area contributed by atoms with Crippen molar-refractivity contribution >= 4 is 47.0 Å². The fourth-order valence-electron chi connectivity index (χ4n) is 4.02. The lowest BCUT2D eigenvalue weighted by Gasteiger charge is -2.26. The van der Waals surface area contributed by atoms with Gasteiger partial charge in [0.15, 0.2) is 0 Å². The van der Waals surface area contributed by atoms with Gasteiger partial charge < -0.3 is 25.7 Å². The Bertz CT molecular complexity index is 1190. The largest absolute Gasteiger partial charge is 0.383 e. The molecule has 192 valence electrons. The number of aromatic nitrogens is 2. The number of benzene rings is 1. The molecule has 3 heterocycles. The molecule has 9 nitrogen and oxygen atoms in total. The molecule has 2 aromatic heterocycles. The van der Waals surface area contributed by atoms with E-state index in [-0.39, 0.29) is 36.1 Å². The summed E-state index contributed by atoms with van der Waals surface area (Å²) in [6.45, 7) is 6.38. The zero-order valence-electron chi connectivity index (χ0n) is 20.6. The van der Waals surface area contributed by atoms with Gasteiger partial charge in [-0.1, -0.05) is 18.2 Å². The van der Waals surface area contributed by atoms with E-state index < -0.39 is 0 Å². The van der Waals surface area contributed by atoms with Crippen molar-refractivity contribution in [2.24, 2.45) is 0 Å². The van der Waals surface area contributed by atoms with Gasteiger partial charge in [-0.25, -0.2) is 4.98 Å². The Morgan fingerprint density at radius 3 is 2.78 bits per heavy atom. The van der Waals surface area contributed by atoms with Crippen LogP contribution in [0.25, 0.3) is 17.0 Å². The van der Waals surface area contributed by atoms with Crippen molar-refractivity contribution in [2.75, 3.05) is 52.2 Å². The van der Waals surface area contributed by atoms with Crippen LogP contribution in [-0.2, 0) is 9.53 Å². The maximum absolute atomic E-state index is 12.8. The third-order valence-electron chi connectivity index (χ3n) is 6.35. The third-order valence-corrected chi connectivity index (χ3v) is 6.35. The predicted molar refractivity (Wildman–Crippen MR) is 144 cm³/mol. The molecular weight excluding hydrogens is 480 g/mol. The summed E-state index contributed by atoms with van der Waals surface area (Å²) in [4.78, 5) is 36.9. The van der Waals surface area contributed by atoms with E-state index in [4.69, 9.17) is 10.5 Å². The Morgan fingerprint density at radius 2 is 2.03 bits per heavy atom. The number of amides is 2. The summed E-state index contributed by atoms with van der Waals surface area (Å²) in [5.74, 6) is -0.291. The van der Waals surface area contributed by atoms with E-state index in [0.29, 0.717) is 30.9 Å². The van der Waals surface area contributed by atoms with Gasteiger partial charge in [-0.05, 0) is 42.1 Å². The first-order chi connectivity index (χ1) is 16.9. The van der Waals surface area contributed by atoms with E-state index in [9.17, 15) is 9.59 Å². The molecule has 10 heteroatoms. The summed E-state index contributed by atoms with van der Waals surface area (Å²) in [5, 5.41) is 4.00. The number of halogens is 1. The van der Waals surface area contributed by atoms with Gasteiger partial charge in [0.05, 0.1) is 24.8 Å². The highest BCUT2D eigenvalue weighted by molar-refractivity contribution is 5.99. The van der Waals surface area contributed by atoms with Crippen LogP contribution < -0.4 is 11.1 Å². The number of likely N-dealkylation sites (N-methyl/N-ethyl adjacent to an activating group) is 1. The number of nitrogen functional groups attached to an aromatic ring is 1. The number of carbonyl (C=O) groups excluding carboxylic acids is 2. The zero-order chi connectivity index (χ0) is 24.8. The van der Waals surface area contributed by atoms with Gasteiger partial charge >= 0.3 is 0 Å². The lowest BCUT2D eigenvalue weighted by Crippen LogP contribution is -2.41. The number of ether oxygens (including phenoxy) is 1. The van der Waals surface area contributed by atoms with Gasteiger partial charge in [-0.3, -0.25) is 14.5 Å². The predicted octanol–water partition coefficient (Wildman–Crippen LogP) is 2.86. The Morgan fingerprint density at radius 1 is 1.28 bits per heavy atom. The van der Waals surface area contributed by atoms with E-state index in [2.05, 4.69) is 26.3 Å². The number of hydrogen-bond donors (Lipinski definition) is 3. The van der Waals surface area contributed by atoms with Crippen LogP contribution in [0, 0.1) is 0 Å². The van der Waals surface area contributed by atoms with Crippen molar-refractivity contribution in [2.45, 2.75) is 13.0 Å². The van der Waals surface area contributed by atoms with Crippen LogP contribution in [0.4, 0.5) is 5.82 Å². The Kier molecular flexibility index (Phi) is 9.46. The molecule has 0 bridgehead atoms. The van der Waals surface area contributed by atoms with Gasteiger partial charge in [0, 0.05) is 56.7 Å². The molecule has 1 aliphatic rings. The standard InChI is InChI=1S/C26H32N6O3.ClH/c1-18(23-16-20-5-3-4-6-22(20)30-23)31(2)24(33)8-7-19-15-21(25(27)29-17-19)26(34)28-9-10-32-11-13-35-14-12-32;/h3-8,15-18,30H,9-14H2,1-2H3,(H2,27,29)(H,28,34);1H/b8-7+;. The molecule has 0 radical (unpaired) electrons. The first kappa shape index (κ1) is 27.2. The van der Waals surface area contributed by atoms with Crippen molar-refractivity contribution in [3.8, 4) is 0 Å². The van der Waals surface area contributed by atoms with Crippen molar-refractivity contribution in [1.29, 1.82) is 0 Å². The highest BCUT2D eigenvalue weighted by Crippen LogP contribution is 2.23. The van der Waals surface area contributed by atoms with Crippen molar-refractivity contribution < 1.29 is 14.3 Å². The molecule has 36 heavy (non-hydrogen) atoms. The Hall–Kier alpha value is -3.40. The second-order valence-electron chi connectivity index (χ2n) is 8.68. The number of nitrogens with one attached hydrogen (secondary N) is 2. The number of anilines is 1. The molecule has 0 aliphatic carbocycles. The molecule has 4 N–H and O–H groups in total. The van der Waals surface area contributed by atoms with Crippen LogP contribution in [-0.4, -0.2) is 78.0 Å². The Balaban J connectivity index is 0.00000361. The number of fused-ring (bicyclic) bond motifs is 1. The molecule has 1 atom stereocenters. The van der Waals surface area contributed by atoms with Crippen LogP contribution in [0.2, 0.25) is 0 Å². The first-order valence-electron chi connectivity index (χ1n) is 11.8. The molecule has 1 aromatic carbocycles. The second kappa shape index (κ2) is 12.5. The summed E-state index contributed by atoms with van der Waals surface area (Å²) < 4.78 is 5.34. The fourth-order valence-corrected chi connectivity index (χ4v) is 4.02. The minimum Gasteiger partial charge on any atom is -0.383 e. The maximum Gasteiger partial charge on any atom is 0.255 e. The van der Waals surface area contributed by atoms with Crippen LogP contribution in [0.5, 0.6) is 0 Å². The molecule has 0 saturated carbocycles. The molecule has 4 rings (SSSR count). The number of aromatic amines is 1. The van der Waals surface area contributed by atoms with Gasteiger partial charge in [0.2, 0.25) is 5.91 Å². The van der Waals surface area contributed by atoms with Crippen LogP contribution in [0.15, 0.2) is 48.7 Å². The van der Waals surface area contributed by atoms with E-state index >= 15 is 0 Å². The van der Waals surface area contributed by atoms with E-state index in [0.717, 1.165) is 36.2 Å². The normalized spacial score (nSPS) is 14.9. The van der Waals surface area contributed by atoms with Gasteiger partial charge in [0.1, 0.15) is 5.82 Å². The lowest BCUT2D eigenvalue weighted by molar-refractivity contribution is -0.126. The van der Waals surface area contributed by atoms with Crippen LogP contribution in [0.1, 0.15) is 34.6 Å². The van der Waals surface area contributed by atoms with Crippen LogP contribution in [0.3, 0.4) is 0 Å². The van der Waals surface area contributed by atoms with E-state index in [1.165, 1.54) is 6.08 Å². The molecule has 0 spiro atoms. The monoisotopic (exact) mass is 512 g/mol. The summed E-state index contributed by atoms with van der Waals surface area (Å²) >= 11 is 0. The smallest absolute Gasteiger partial charge is 0.255 e. The van der Waals surface area contributed by atoms with Crippen molar-refractivity contribution in [3.05, 3.63) is 65.5 Å². The fraction of sp³-hybridized carbons (Fsp3) is 0.346. The number of rotatable bonds is 8. The highest BCUT2D eigenvalue weighted by atomic mass is 35.5. The average Bonchev–Trinajstić information content (AvgIpc) is 3.32. The molecule has 1 unspecified atom stereocenters. The number of nitrogens with zero attached hydrogens (tertiary/aromatic N) is 3. The van der Waals surface area contributed by atoms with Gasteiger partial charge in [0.25, 0.3) is 5.91 Å². The van der Waals surface area contributed by atoms with Gasteiger partial charge in [-0.15, -0.1) is 12.4 Å². The Labute approximate surface area is 217 Å². The second-order valence-corrected chi connectivity index (χ2v) is 8.68. The van der Waals surface area contributed by atoms with Crippen molar-refractivity contribution in [3.63, 3.8) is 0 Å². The van der Waals surface area contributed by atoms with Crippen LogP contribution >= 0.6 is 12.4 Å². The lowest BCUT2D eigenvalue weighted by atomic mass is 10.1. The first-order valence-corrected chi connectivity index (χ1v) is 11.8. The minimum absolute atomic E-state index is 0. The number of nitrogens with two attached hydrogens (primary N) is 1. The number of para-hydroxylation sites is 1. The molecule has 1 fully saturated rings. The summed E-state index contributed by atoms with van der Waals surface area (Å²) in [6.07, 6.45) is 4.67. The maximum atomic E-state index is 12.8. The quantitative estimate of drug-likeness (QED) is 0.400. The highest BCUT2D eigenvalue weighted by Gasteiger charge is 2.18. The SMILES string of the molecule is CC(c1cc2ccccc2[nH]1)N(C)C(=O)/C=C/c1cnc(N)c(C(=O)NCCN2CCOCC2)c1.Cl. The molecule has 1 saturated heterocycles. The van der Waals surface area contributed by atoms with E-state index in [1.54, 1.807) is 30.3 Å². The number of hydrogen-bond acceptors (Lipinski definition) is 6. The molecule has 1 aliphatic heterocycles. The van der Waals surface area contributed by atoms with Gasteiger partial charge in [-0.2, -0.15) is 0 Å². The zero-order valence-corrected chi connectivity index (χ0v) is 21.4.